The number of fused-ring (bicyclic) bond motifs is 1. The number of aryl methyl sites for hydroxylation is 2. The molecule has 1 heterocycles. The molecule has 1 aromatic heterocycles. The molecule has 4 aromatic carbocycles. The van der Waals surface area contributed by atoms with Crippen LogP contribution in [0.25, 0.3) is 27.5 Å². The van der Waals surface area contributed by atoms with Crippen LogP contribution in [0.3, 0.4) is 0 Å². The molecule has 30 heavy (non-hydrogen) atoms. The fourth-order valence-corrected chi connectivity index (χ4v) is 4.51. The van der Waals surface area contributed by atoms with Gasteiger partial charge in [-0.1, -0.05) is 36.4 Å². The van der Waals surface area contributed by atoms with E-state index in [1.165, 1.54) is 16.5 Å². The summed E-state index contributed by atoms with van der Waals surface area (Å²) in [4.78, 5) is 17.5. The summed E-state index contributed by atoms with van der Waals surface area (Å²) in [5, 5.41) is 5.36. The minimum atomic E-state index is -0.0774. The van der Waals surface area contributed by atoms with Crippen LogP contribution in [0.5, 0.6) is 0 Å². The molecule has 0 radical (unpaired) electrons. The van der Waals surface area contributed by atoms with E-state index in [0.717, 1.165) is 46.2 Å². The van der Waals surface area contributed by atoms with Crippen molar-refractivity contribution in [3.8, 4) is 5.69 Å². The van der Waals surface area contributed by atoms with E-state index < -0.39 is 0 Å². The lowest BCUT2D eigenvalue weighted by Gasteiger charge is -2.11. The summed E-state index contributed by atoms with van der Waals surface area (Å²) >= 11 is 0. The van der Waals surface area contributed by atoms with Gasteiger partial charge in [0.2, 0.25) is 0 Å². The fourth-order valence-electron chi connectivity index (χ4n) is 4.51. The smallest absolute Gasteiger partial charge is 0.256 e. The first-order chi connectivity index (χ1) is 14.8. The Kier molecular flexibility index (Phi) is 3.71. The maximum absolute atomic E-state index is 13.0. The average Bonchev–Trinajstić information content (AvgIpc) is 3.40. The molecule has 1 aliphatic carbocycles. The van der Waals surface area contributed by atoms with E-state index in [4.69, 9.17) is 0 Å². The lowest BCUT2D eigenvalue weighted by atomic mass is 9.99. The summed E-state index contributed by atoms with van der Waals surface area (Å²) in [5.41, 5.74) is 7.21. The lowest BCUT2D eigenvalue weighted by Crippen LogP contribution is -2.12. The largest absolute Gasteiger partial charge is 0.322 e. The second-order valence-electron chi connectivity index (χ2n) is 7.72. The van der Waals surface area contributed by atoms with Gasteiger partial charge < -0.3 is 5.32 Å². The van der Waals surface area contributed by atoms with Crippen molar-refractivity contribution < 1.29 is 4.79 Å². The first-order valence-corrected chi connectivity index (χ1v) is 10.2. The van der Waals surface area contributed by atoms with Crippen molar-refractivity contribution in [3.63, 3.8) is 0 Å². The average molecular weight is 389 g/mol. The van der Waals surface area contributed by atoms with Crippen LogP contribution in [-0.4, -0.2) is 15.5 Å². The van der Waals surface area contributed by atoms with E-state index in [9.17, 15) is 4.79 Å². The van der Waals surface area contributed by atoms with Crippen molar-refractivity contribution >= 4 is 33.4 Å². The summed E-state index contributed by atoms with van der Waals surface area (Å²) in [6.07, 6.45) is 3.94. The third-order valence-corrected chi connectivity index (χ3v) is 5.98. The van der Waals surface area contributed by atoms with E-state index in [2.05, 4.69) is 28.5 Å². The first-order valence-electron chi connectivity index (χ1n) is 10.2. The number of nitrogens with zero attached hydrogens (tertiary/aromatic N) is 2. The molecule has 0 saturated carbocycles. The van der Waals surface area contributed by atoms with Gasteiger partial charge in [-0.05, 0) is 77.2 Å². The lowest BCUT2D eigenvalue weighted by molar-refractivity contribution is 0.102. The van der Waals surface area contributed by atoms with Crippen LogP contribution < -0.4 is 5.32 Å². The second-order valence-corrected chi connectivity index (χ2v) is 7.72. The number of hydrogen-bond acceptors (Lipinski definition) is 2. The summed E-state index contributed by atoms with van der Waals surface area (Å²) < 4.78 is 2.05. The maximum atomic E-state index is 13.0. The van der Waals surface area contributed by atoms with Crippen LogP contribution in [0.15, 0.2) is 85.2 Å². The van der Waals surface area contributed by atoms with Crippen LogP contribution in [-0.2, 0) is 12.8 Å². The predicted octanol–water partition coefficient (Wildman–Crippen LogP) is 5.53. The standard InChI is InChI=1S/C26H19N3O/c30-26(22-15-10-18-9-8-17-4-3-5-21(22)25(17)18)28-19-11-13-20(14-12-19)29-16-27-23-6-1-2-7-24(23)29/h1-7,10-16H,8-9H2,(H,28,30). The molecule has 4 heteroatoms. The van der Waals surface area contributed by atoms with Gasteiger partial charge >= 0.3 is 0 Å². The highest BCUT2D eigenvalue weighted by molar-refractivity contribution is 6.14. The highest BCUT2D eigenvalue weighted by atomic mass is 16.1. The number of nitrogens with one attached hydrogen (secondary N) is 1. The van der Waals surface area contributed by atoms with E-state index in [-0.39, 0.29) is 5.91 Å². The number of anilines is 1. The van der Waals surface area contributed by atoms with Crippen molar-refractivity contribution in [2.75, 3.05) is 5.32 Å². The summed E-state index contributed by atoms with van der Waals surface area (Å²) in [7, 11) is 0. The van der Waals surface area contributed by atoms with Crippen LogP contribution >= 0.6 is 0 Å². The van der Waals surface area contributed by atoms with Crippen LogP contribution in [0.2, 0.25) is 0 Å². The Hall–Kier alpha value is -3.92. The van der Waals surface area contributed by atoms with Gasteiger partial charge in [-0.25, -0.2) is 4.98 Å². The van der Waals surface area contributed by atoms with Gasteiger partial charge in [-0.15, -0.1) is 0 Å². The van der Waals surface area contributed by atoms with E-state index in [1.54, 1.807) is 0 Å². The molecular formula is C26H19N3O. The van der Waals surface area contributed by atoms with E-state index >= 15 is 0 Å². The maximum Gasteiger partial charge on any atom is 0.256 e. The Morgan fingerprint density at radius 1 is 0.833 bits per heavy atom. The summed E-state index contributed by atoms with van der Waals surface area (Å²) in [6.45, 7) is 0. The fraction of sp³-hybridized carbons (Fsp3) is 0.0769. The number of para-hydroxylation sites is 2. The number of amides is 1. The van der Waals surface area contributed by atoms with Crippen molar-refractivity contribution in [1.29, 1.82) is 0 Å². The number of carbonyl (C=O) groups excluding carboxylic acids is 1. The monoisotopic (exact) mass is 389 g/mol. The van der Waals surface area contributed by atoms with E-state index in [1.807, 2.05) is 71.6 Å². The number of aromatic nitrogens is 2. The van der Waals surface area contributed by atoms with Gasteiger partial charge in [0.25, 0.3) is 5.91 Å². The van der Waals surface area contributed by atoms with Crippen molar-refractivity contribution in [1.82, 2.24) is 9.55 Å². The number of imidazole rings is 1. The Morgan fingerprint density at radius 2 is 1.63 bits per heavy atom. The molecule has 0 saturated heterocycles. The molecule has 0 bridgehead atoms. The third kappa shape index (κ3) is 2.61. The van der Waals surface area contributed by atoms with Gasteiger partial charge in [0.05, 0.1) is 11.0 Å². The molecule has 0 atom stereocenters. The zero-order chi connectivity index (χ0) is 20.1. The van der Waals surface area contributed by atoms with Gasteiger partial charge in [-0.2, -0.15) is 0 Å². The molecule has 1 aliphatic rings. The molecule has 1 N–H and O–H groups in total. The van der Waals surface area contributed by atoms with Gasteiger partial charge in [0.15, 0.2) is 0 Å². The minimum Gasteiger partial charge on any atom is -0.322 e. The second kappa shape index (κ2) is 6.56. The zero-order valence-electron chi connectivity index (χ0n) is 16.3. The number of benzene rings is 4. The Balaban J connectivity index is 1.30. The molecule has 0 unspecified atom stereocenters. The molecule has 144 valence electrons. The molecular weight excluding hydrogens is 370 g/mol. The number of rotatable bonds is 3. The molecule has 1 amide bonds. The first kappa shape index (κ1) is 17.0. The number of hydrogen-bond donors (Lipinski definition) is 1. The van der Waals surface area contributed by atoms with Crippen molar-refractivity contribution in [2.24, 2.45) is 0 Å². The molecule has 0 spiro atoms. The summed E-state index contributed by atoms with van der Waals surface area (Å²) in [6, 6.07) is 26.2. The highest BCUT2D eigenvalue weighted by Gasteiger charge is 2.18. The van der Waals surface area contributed by atoms with E-state index in [0.29, 0.717) is 0 Å². The third-order valence-electron chi connectivity index (χ3n) is 5.98. The molecule has 0 fully saturated rings. The Bertz CT molecular complexity index is 1420. The molecule has 4 nitrogen and oxygen atoms in total. The normalized spacial score (nSPS) is 12.5. The molecule has 0 aliphatic heterocycles. The zero-order valence-corrected chi connectivity index (χ0v) is 16.3. The topological polar surface area (TPSA) is 46.9 Å². The molecule has 6 rings (SSSR count). The van der Waals surface area contributed by atoms with Gasteiger partial charge in [0, 0.05) is 16.9 Å². The number of carbonyl (C=O) groups is 1. The SMILES string of the molecule is O=C(Nc1ccc(-n2cnc3ccccc32)cc1)c1ccc2c3c(cccc13)CC2. The van der Waals surface area contributed by atoms with Crippen LogP contribution in [0.4, 0.5) is 5.69 Å². The van der Waals surface area contributed by atoms with Crippen molar-refractivity contribution in [2.45, 2.75) is 12.8 Å². The predicted molar refractivity (Wildman–Crippen MR) is 120 cm³/mol. The van der Waals surface area contributed by atoms with Gasteiger partial charge in [-0.3, -0.25) is 9.36 Å². The van der Waals surface area contributed by atoms with Crippen molar-refractivity contribution in [3.05, 3.63) is 102 Å². The Morgan fingerprint density at radius 3 is 2.50 bits per heavy atom. The summed E-state index contributed by atoms with van der Waals surface area (Å²) in [5.74, 6) is -0.0774. The van der Waals surface area contributed by atoms with Gasteiger partial charge in [0.1, 0.15) is 6.33 Å². The Labute approximate surface area is 173 Å². The molecule has 5 aromatic rings. The van der Waals surface area contributed by atoms with Crippen LogP contribution in [0, 0.1) is 0 Å². The van der Waals surface area contributed by atoms with Crippen LogP contribution in [0.1, 0.15) is 21.5 Å². The highest BCUT2D eigenvalue weighted by Crippen LogP contribution is 2.33. The minimum absolute atomic E-state index is 0.0774. The quantitative estimate of drug-likeness (QED) is 0.441.